The first-order chi connectivity index (χ1) is 15.5. The Hall–Kier alpha value is -2.74. The topological polar surface area (TPSA) is 92.8 Å². The fraction of sp³-hybridized carbons (Fsp3) is 0.333. The van der Waals surface area contributed by atoms with Gasteiger partial charge in [0, 0.05) is 16.1 Å². The molecule has 0 aromatic heterocycles. The molecule has 1 atom stereocenters. The number of rotatable bonds is 8. The lowest BCUT2D eigenvalue weighted by molar-refractivity contribution is -0.121. The van der Waals surface area contributed by atoms with E-state index in [-0.39, 0.29) is 39.9 Å². The summed E-state index contributed by atoms with van der Waals surface area (Å²) in [6.45, 7) is 5.45. The van der Waals surface area contributed by atoms with E-state index in [1.807, 2.05) is 20.8 Å². The van der Waals surface area contributed by atoms with E-state index in [4.69, 9.17) is 27.9 Å². The van der Waals surface area contributed by atoms with E-state index >= 15 is 0 Å². The fourth-order valence-corrected chi connectivity index (χ4v) is 3.86. The molecule has 2 aromatic rings. The quantitative estimate of drug-likeness (QED) is 0.334. The normalized spacial score (nSPS) is 16.3. The maximum atomic E-state index is 12.8. The number of amides is 2. The molecule has 0 aliphatic carbocycles. The average Bonchev–Trinajstić information content (AvgIpc) is 3.04. The van der Waals surface area contributed by atoms with Crippen LogP contribution in [0.4, 0.5) is 5.69 Å². The number of benzene rings is 2. The summed E-state index contributed by atoms with van der Waals surface area (Å²) in [6.07, 6.45) is 0.871. The molecule has 1 heterocycles. The van der Waals surface area contributed by atoms with Crippen LogP contribution in [0.25, 0.3) is 0 Å². The summed E-state index contributed by atoms with van der Waals surface area (Å²) in [7, 11) is 0. The number of nitrogens with zero attached hydrogens (tertiary/aromatic N) is 1. The van der Waals surface area contributed by atoms with Crippen LogP contribution >= 0.6 is 23.2 Å². The standard InChI is InChI=1S/C24H24Cl2N2O5/c1-4-24(2,3)27-19-12-21(30)28(22(19)31)16-8-5-14(6-9-16)23(32)33-13-20(29)17-10-7-15(25)11-18(17)26/h5-11,19,27H,4,12-13H2,1-3H3. The minimum absolute atomic E-state index is 0.0709. The molecule has 33 heavy (non-hydrogen) atoms. The number of ketones is 1. The van der Waals surface area contributed by atoms with E-state index in [2.05, 4.69) is 5.32 Å². The van der Waals surface area contributed by atoms with Gasteiger partial charge in [-0.1, -0.05) is 30.1 Å². The van der Waals surface area contributed by atoms with Gasteiger partial charge in [-0.05, 0) is 62.7 Å². The van der Waals surface area contributed by atoms with Gasteiger partial charge >= 0.3 is 5.97 Å². The molecule has 9 heteroatoms. The van der Waals surface area contributed by atoms with E-state index in [0.29, 0.717) is 10.7 Å². The Kier molecular flexibility index (Phi) is 7.57. The summed E-state index contributed by atoms with van der Waals surface area (Å²) in [5, 5.41) is 3.79. The fourth-order valence-electron chi connectivity index (χ4n) is 3.34. The van der Waals surface area contributed by atoms with Crippen LogP contribution in [0.3, 0.4) is 0 Å². The molecule has 7 nitrogen and oxygen atoms in total. The summed E-state index contributed by atoms with van der Waals surface area (Å²) in [5.41, 5.74) is 0.459. The summed E-state index contributed by atoms with van der Waals surface area (Å²) in [6, 6.07) is 9.69. The Morgan fingerprint density at radius 3 is 2.39 bits per heavy atom. The lowest BCUT2D eigenvalue weighted by atomic mass is 10.00. The van der Waals surface area contributed by atoms with Crippen molar-refractivity contribution in [2.24, 2.45) is 0 Å². The largest absolute Gasteiger partial charge is 0.454 e. The highest BCUT2D eigenvalue weighted by Crippen LogP contribution is 2.25. The van der Waals surface area contributed by atoms with Crippen molar-refractivity contribution in [2.75, 3.05) is 11.5 Å². The van der Waals surface area contributed by atoms with Crippen molar-refractivity contribution in [1.82, 2.24) is 5.32 Å². The van der Waals surface area contributed by atoms with Gasteiger partial charge in [0.05, 0.1) is 28.7 Å². The second-order valence-corrected chi connectivity index (χ2v) is 9.22. The van der Waals surface area contributed by atoms with Crippen molar-refractivity contribution < 1.29 is 23.9 Å². The van der Waals surface area contributed by atoms with Gasteiger partial charge in [0.15, 0.2) is 6.61 Å². The molecule has 1 aliphatic heterocycles. The molecule has 1 saturated heterocycles. The Labute approximate surface area is 202 Å². The number of hydrogen-bond donors (Lipinski definition) is 1. The first-order valence-corrected chi connectivity index (χ1v) is 11.2. The van der Waals surface area contributed by atoms with Crippen molar-refractivity contribution in [3.8, 4) is 0 Å². The molecular formula is C24H24Cl2N2O5. The number of esters is 1. The van der Waals surface area contributed by atoms with Crippen LogP contribution in [-0.2, 0) is 14.3 Å². The zero-order valence-corrected chi connectivity index (χ0v) is 20.0. The highest BCUT2D eigenvalue weighted by Gasteiger charge is 2.41. The molecule has 3 rings (SSSR count). The van der Waals surface area contributed by atoms with Gasteiger partial charge in [0.1, 0.15) is 0 Å². The molecule has 0 radical (unpaired) electrons. The van der Waals surface area contributed by atoms with E-state index in [1.54, 1.807) is 0 Å². The van der Waals surface area contributed by atoms with E-state index in [9.17, 15) is 19.2 Å². The van der Waals surface area contributed by atoms with Crippen molar-refractivity contribution in [2.45, 2.75) is 45.2 Å². The Morgan fingerprint density at radius 1 is 1.12 bits per heavy atom. The number of nitrogens with one attached hydrogen (secondary N) is 1. The van der Waals surface area contributed by atoms with Gasteiger partial charge in [-0.2, -0.15) is 0 Å². The van der Waals surface area contributed by atoms with E-state index in [0.717, 1.165) is 11.3 Å². The first-order valence-electron chi connectivity index (χ1n) is 10.4. The summed E-state index contributed by atoms with van der Waals surface area (Å²) in [4.78, 5) is 51.0. The molecule has 1 unspecified atom stereocenters. The van der Waals surface area contributed by atoms with Gasteiger partial charge in [-0.15, -0.1) is 0 Å². The highest BCUT2D eigenvalue weighted by atomic mass is 35.5. The van der Waals surface area contributed by atoms with Crippen LogP contribution in [-0.4, -0.2) is 41.8 Å². The maximum absolute atomic E-state index is 12.8. The number of Topliss-reactive ketones (excluding diaryl/α,β-unsaturated/α-hetero) is 1. The van der Waals surface area contributed by atoms with Crippen molar-refractivity contribution in [3.05, 3.63) is 63.6 Å². The number of carbonyl (C=O) groups excluding carboxylic acids is 4. The van der Waals surface area contributed by atoms with Crippen LogP contribution in [0.5, 0.6) is 0 Å². The van der Waals surface area contributed by atoms with Gasteiger partial charge < -0.3 is 10.1 Å². The second kappa shape index (κ2) is 10.0. The van der Waals surface area contributed by atoms with Crippen LogP contribution < -0.4 is 10.2 Å². The third kappa shape index (κ3) is 5.79. The van der Waals surface area contributed by atoms with Crippen molar-refractivity contribution in [3.63, 3.8) is 0 Å². The SMILES string of the molecule is CCC(C)(C)NC1CC(=O)N(c2ccc(C(=O)OCC(=O)c3ccc(Cl)cc3Cl)cc2)C1=O. The Balaban J connectivity index is 1.63. The number of imide groups is 1. The molecular weight excluding hydrogens is 467 g/mol. The predicted molar refractivity (Wildman–Crippen MR) is 126 cm³/mol. The van der Waals surface area contributed by atoms with Crippen molar-refractivity contribution >= 4 is 52.5 Å². The summed E-state index contributed by atoms with van der Waals surface area (Å²) >= 11 is 11.8. The highest BCUT2D eigenvalue weighted by molar-refractivity contribution is 6.36. The first kappa shape index (κ1) is 24.9. The van der Waals surface area contributed by atoms with E-state index in [1.165, 1.54) is 42.5 Å². The summed E-state index contributed by atoms with van der Waals surface area (Å²) in [5.74, 6) is -1.83. The second-order valence-electron chi connectivity index (χ2n) is 8.38. The Morgan fingerprint density at radius 2 is 1.79 bits per heavy atom. The Bertz CT molecular complexity index is 1100. The predicted octanol–water partition coefficient (Wildman–Crippen LogP) is 4.44. The van der Waals surface area contributed by atoms with Crippen molar-refractivity contribution in [1.29, 1.82) is 0 Å². The smallest absolute Gasteiger partial charge is 0.338 e. The van der Waals surface area contributed by atoms with Gasteiger partial charge in [0.25, 0.3) is 5.91 Å². The molecule has 0 saturated carbocycles. The molecule has 0 bridgehead atoms. The molecule has 1 fully saturated rings. The third-order valence-corrected chi connectivity index (χ3v) is 6.07. The van der Waals surface area contributed by atoms with Crippen LogP contribution in [0.2, 0.25) is 10.0 Å². The molecule has 2 aromatic carbocycles. The number of carbonyl (C=O) groups is 4. The lowest BCUT2D eigenvalue weighted by Gasteiger charge is -2.27. The van der Waals surface area contributed by atoms with Crippen LogP contribution in [0.15, 0.2) is 42.5 Å². The maximum Gasteiger partial charge on any atom is 0.338 e. The molecule has 174 valence electrons. The molecule has 2 amide bonds. The van der Waals surface area contributed by atoms with E-state index < -0.39 is 24.4 Å². The number of anilines is 1. The van der Waals surface area contributed by atoms with Crippen LogP contribution in [0.1, 0.15) is 54.3 Å². The zero-order valence-electron chi connectivity index (χ0n) is 18.5. The molecule has 1 aliphatic rings. The third-order valence-electron chi connectivity index (χ3n) is 5.52. The number of halogens is 2. The summed E-state index contributed by atoms with van der Waals surface area (Å²) < 4.78 is 5.08. The van der Waals surface area contributed by atoms with Gasteiger partial charge in [-0.3, -0.25) is 14.4 Å². The monoisotopic (exact) mass is 490 g/mol. The minimum atomic E-state index is -0.719. The average molecular weight is 491 g/mol. The van der Waals surface area contributed by atoms with Gasteiger partial charge in [-0.25, -0.2) is 9.69 Å². The zero-order chi connectivity index (χ0) is 24.3. The van der Waals surface area contributed by atoms with Gasteiger partial charge in [0.2, 0.25) is 11.7 Å². The molecule has 1 N–H and O–H groups in total. The number of hydrogen-bond acceptors (Lipinski definition) is 6. The lowest BCUT2D eigenvalue weighted by Crippen LogP contribution is -2.49. The minimum Gasteiger partial charge on any atom is -0.454 e. The van der Waals surface area contributed by atoms with Crippen LogP contribution in [0, 0.1) is 0 Å². The molecule has 0 spiro atoms. The number of ether oxygens (including phenoxy) is 1.